The second kappa shape index (κ2) is 11.6. The first kappa shape index (κ1) is 27.6. The highest BCUT2D eigenvalue weighted by atomic mass is 127. The highest BCUT2D eigenvalue weighted by Crippen LogP contribution is 2.44. The lowest BCUT2D eigenvalue weighted by Gasteiger charge is -2.18. The van der Waals surface area contributed by atoms with Crippen molar-refractivity contribution in [2.75, 3.05) is 6.61 Å². The van der Waals surface area contributed by atoms with Crippen molar-refractivity contribution in [3.8, 4) is 16.9 Å². The van der Waals surface area contributed by atoms with Gasteiger partial charge in [0.1, 0.15) is 18.4 Å². The first-order valence-corrected chi connectivity index (χ1v) is 16.5. The normalized spacial score (nSPS) is 13.2. The molecular formula is C28H28INO7Si. The average Bonchev–Trinajstić information content (AvgIpc) is 3.16. The fraction of sp³-hybridized carbons (Fsp3) is 0.250. The Bertz CT molecular complexity index is 1330. The van der Waals surface area contributed by atoms with E-state index in [1.54, 1.807) is 18.2 Å². The number of carbonyl (C=O) groups is 3. The summed E-state index contributed by atoms with van der Waals surface area (Å²) < 4.78 is 16.7. The Kier molecular flexibility index (Phi) is 8.41. The van der Waals surface area contributed by atoms with Gasteiger partial charge in [0.25, 0.3) is 8.32 Å². The van der Waals surface area contributed by atoms with Crippen molar-refractivity contribution in [3.63, 3.8) is 0 Å². The monoisotopic (exact) mass is 645 g/mol. The van der Waals surface area contributed by atoms with Gasteiger partial charge in [-0.05, 0) is 82.2 Å². The minimum Gasteiger partial charge on any atom is -0.489 e. The third kappa shape index (κ3) is 6.73. The van der Waals surface area contributed by atoms with Crippen LogP contribution in [0.5, 0.6) is 5.75 Å². The number of carbonyl (C=O) groups excluding carboxylic acids is 2. The van der Waals surface area contributed by atoms with Gasteiger partial charge < -0.3 is 24.3 Å². The predicted molar refractivity (Wildman–Crippen MR) is 153 cm³/mol. The van der Waals surface area contributed by atoms with Gasteiger partial charge in [0, 0.05) is 12.3 Å². The van der Waals surface area contributed by atoms with Crippen LogP contribution < -0.4 is 10.1 Å². The zero-order valence-corrected chi connectivity index (χ0v) is 24.4. The van der Waals surface area contributed by atoms with Gasteiger partial charge in [-0.25, -0.2) is 14.4 Å². The summed E-state index contributed by atoms with van der Waals surface area (Å²) in [5.74, 6) is -1.00. The molecule has 0 saturated carbocycles. The number of aliphatic carboxylic acids is 1. The lowest BCUT2D eigenvalue weighted by Crippen LogP contribution is -2.42. The molecular weight excluding hydrogens is 617 g/mol. The van der Waals surface area contributed by atoms with Crippen LogP contribution in [0.25, 0.3) is 11.1 Å². The smallest absolute Gasteiger partial charge is 0.489 e. The molecule has 38 heavy (non-hydrogen) atoms. The number of carboxylic acid groups (broad SMARTS) is 1. The van der Waals surface area contributed by atoms with Crippen LogP contribution in [0.3, 0.4) is 0 Å². The van der Waals surface area contributed by atoms with Crippen molar-refractivity contribution in [2.24, 2.45) is 0 Å². The minimum atomic E-state index is -2.10. The van der Waals surface area contributed by atoms with Gasteiger partial charge in [-0.1, -0.05) is 54.6 Å². The van der Waals surface area contributed by atoms with E-state index in [2.05, 4.69) is 5.32 Å². The standard InChI is InChI=1S/C28H28INO7Si/c1-38(2,3)37-28(34)36-25-13-12-17(14-23(25)29)15-24(26(31)32)30-27(33)35-16-22-20-10-6-4-8-18(20)19-9-5-7-11-21(19)22/h4-14,22,24H,15-16H2,1-3H3,(H,30,33)(H,31,32)/t24-/m0/s1. The molecule has 1 atom stereocenters. The molecule has 0 spiro atoms. The molecule has 10 heteroatoms. The van der Waals surface area contributed by atoms with E-state index in [0.29, 0.717) is 14.9 Å². The maximum atomic E-state index is 12.6. The van der Waals surface area contributed by atoms with Crippen LogP contribution in [0.2, 0.25) is 19.6 Å². The number of rotatable bonds is 8. The maximum Gasteiger partial charge on any atom is 0.499 e. The molecule has 1 aliphatic rings. The van der Waals surface area contributed by atoms with E-state index in [-0.39, 0.29) is 18.9 Å². The highest BCUT2D eigenvalue weighted by molar-refractivity contribution is 14.1. The number of alkyl carbamates (subject to hydrolysis) is 1. The van der Waals surface area contributed by atoms with Gasteiger partial charge in [-0.15, -0.1) is 0 Å². The van der Waals surface area contributed by atoms with Crippen molar-refractivity contribution >= 4 is 49.1 Å². The number of nitrogens with one attached hydrogen (secondary N) is 1. The Balaban J connectivity index is 1.37. The van der Waals surface area contributed by atoms with E-state index in [4.69, 9.17) is 13.9 Å². The number of hydrogen-bond acceptors (Lipinski definition) is 6. The van der Waals surface area contributed by atoms with Crippen LogP contribution in [-0.2, 0) is 20.4 Å². The van der Waals surface area contributed by atoms with Crippen molar-refractivity contribution in [2.45, 2.75) is 38.0 Å². The molecule has 8 nitrogen and oxygen atoms in total. The Labute approximate surface area is 235 Å². The van der Waals surface area contributed by atoms with Crippen molar-refractivity contribution in [3.05, 3.63) is 87.0 Å². The van der Waals surface area contributed by atoms with Crippen LogP contribution in [0.15, 0.2) is 66.7 Å². The van der Waals surface area contributed by atoms with Crippen molar-refractivity contribution in [1.82, 2.24) is 5.32 Å². The molecule has 3 aromatic rings. The zero-order chi connectivity index (χ0) is 27.4. The second-order valence-electron chi connectivity index (χ2n) is 9.90. The van der Waals surface area contributed by atoms with Gasteiger partial charge in [0.15, 0.2) is 0 Å². The first-order chi connectivity index (χ1) is 18.0. The van der Waals surface area contributed by atoms with E-state index in [9.17, 15) is 19.5 Å². The summed E-state index contributed by atoms with van der Waals surface area (Å²) in [6.45, 7) is 5.71. The number of fused-ring (bicyclic) bond motifs is 3. The van der Waals surface area contributed by atoms with Crippen LogP contribution in [0.4, 0.5) is 9.59 Å². The van der Waals surface area contributed by atoms with Gasteiger partial charge in [-0.3, -0.25) is 0 Å². The van der Waals surface area contributed by atoms with Crippen molar-refractivity contribution in [1.29, 1.82) is 0 Å². The first-order valence-electron chi connectivity index (χ1n) is 12.1. The summed E-state index contributed by atoms with van der Waals surface area (Å²) >= 11 is 2.00. The van der Waals surface area contributed by atoms with Crippen LogP contribution in [0.1, 0.15) is 22.6 Å². The van der Waals surface area contributed by atoms with E-state index in [1.807, 2.05) is 90.8 Å². The van der Waals surface area contributed by atoms with E-state index < -0.39 is 32.6 Å². The van der Waals surface area contributed by atoms with Crippen LogP contribution in [-0.4, -0.2) is 44.3 Å². The third-order valence-corrected chi connectivity index (χ3v) is 7.57. The molecule has 0 heterocycles. The lowest BCUT2D eigenvalue weighted by atomic mass is 9.98. The number of amides is 1. The highest BCUT2D eigenvalue weighted by Gasteiger charge is 2.30. The molecule has 3 aromatic carbocycles. The molecule has 0 aromatic heterocycles. The SMILES string of the molecule is C[Si](C)(C)OC(=O)Oc1ccc(C[C@H](NC(=O)OCC2c3ccccc3-c3ccccc32)C(=O)O)cc1I. The van der Waals surface area contributed by atoms with Crippen molar-refractivity contribution < 1.29 is 33.4 Å². The Morgan fingerprint density at radius 3 is 2.13 bits per heavy atom. The number of hydrogen-bond donors (Lipinski definition) is 2. The summed E-state index contributed by atoms with van der Waals surface area (Å²) in [5, 5.41) is 12.2. The quantitative estimate of drug-likeness (QED) is 0.130. The molecule has 0 unspecified atom stereocenters. The van der Waals surface area contributed by atoms with Gasteiger partial charge in [0.05, 0.1) is 3.57 Å². The summed E-state index contributed by atoms with van der Waals surface area (Å²) in [4.78, 5) is 36.5. The van der Waals surface area contributed by atoms with E-state index in [1.165, 1.54) is 0 Å². The summed E-state index contributed by atoms with van der Waals surface area (Å²) in [7, 11) is -2.10. The zero-order valence-electron chi connectivity index (χ0n) is 21.2. The molecule has 0 bridgehead atoms. The van der Waals surface area contributed by atoms with Gasteiger partial charge in [0.2, 0.25) is 0 Å². The summed E-state index contributed by atoms with van der Waals surface area (Å²) in [6, 6.07) is 19.7. The Hall–Kier alpha value is -3.38. The molecule has 0 saturated heterocycles. The molecule has 198 valence electrons. The molecule has 1 amide bonds. The Morgan fingerprint density at radius 1 is 0.974 bits per heavy atom. The topological polar surface area (TPSA) is 111 Å². The average molecular weight is 646 g/mol. The minimum absolute atomic E-state index is 0.0230. The van der Waals surface area contributed by atoms with Gasteiger partial charge in [-0.2, -0.15) is 0 Å². The van der Waals surface area contributed by atoms with E-state index >= 15 is 0 Å². The predicted octanol–water partition coefficient (Wildman–Crippen LogP) is 6.18. The fourth-order valence-corrected chi connectivity index (χ4v) is 5.56. The number of ether oxygens (including phenoxy) is 2. The van der Waals surface area contributed by atoms with Crippen LogP contribution in [0, 0.1) is 3.57 Å². The lowest BCUT2D eigenvalue weighted by molar-refractivity contribution is -0.139. The summed E-state index contributed by atoms with van der Waals surface area (Å²) in [5.41, 5.74) is 5.00. The molecule has 0 aliphatic heterocycles. The number of carboxylic acids is 1. The Morgan fingerprint density at radius 2 is 1.58 bits per heavy atom. The largest absolute Gasteiger partial charge is 0.499 e. The summed E-state index contributed by atoms with van der Waals surface area (Å²) in [6.07, 6.45) is -1.55. The van der Waals surface area contributed by atoms with Gasteiger partial charge >= 0.3 is 18.2 Å². The third-order valence-electron chi connectivity index (χ3n) is 5.95. The molecule has 0 radical (unpaired) electrons. The molecule has 1 aliphatic carbocycles. The van der Waals surface area contributed by atoms with E-state index in [0.717, 1.165) is 22.3 Å². The van der Waals surface area contributed by atoms with Crippen LogP contribution >= 0.6 is 22.6 Å². The second-order valence-corrected chi connectivity index (χ2v) is 15.5. The molecule has 0 fully saturated rings. The molecule has 2 N–H and O–H groups in total. The fourth-order valence-electron chi connectivity index (χ4n) is 4.33. The molecule has 4 rings (SSSR count). The maximum absolute atomic E-state index is 12.6. The number of benzene rings is 3. The number of halogens is 1.